The first-order chi connectivity index (χ1) is 18.3. The van der Waals surface area contributed by atoms with Crippen LogP contribution in [0.25, 0.3) is 5.69 Å². The summed E-state index contributed by atoms with van der Waals surface area (Å²) in [7, 11) is 0. The second-order valence-electron chi connectivity index (χ2n) is 10.1. The van der Waals surface area contributed by atoms with E-state index < -0.39 is 0 Å². The monoisotopic (exact) mass is 523 g/mol. The molecule has 0 radical (unpaired) electrons. The molecule has 2 aromatic carbocycles. The number of benzene rings is 2. The standard InChI is InChI=1S/C32H37N5S/c1-7-35(8-2)25-14-16-26(17-15-25)36-23(5)20-28(24(36)6)31-30(29-11-9-10-18-33-29)34-32(38)37(31)27-13-12-21(3)22(4)19-27/h9-20,30-31H,7-8H2,1-6H3,(H,34,38)/t30-,31+/m1/s1. The molecular formula is C32H37N5S. The average Bonchev–Trinajstić information content (AvgIpc) is 3.42. The van der Waals surface area contributed by atoms with Crippen LogP contribution < -0.4 is 15.1 Å². The molecule has 3 heterocycles. The Hall–Kier alpha value is -3.64. The Morgan fingerprint density at radius 1 is 0.868 bits per heavy atom. The molecule has 0 unspecified atom stereocenters. The first-order valence-electron chi connectivity index (χ1n) is 13.5. The molecule has 5 rings (SSSR count). The zero-order valence-corrected chi connectivity index (χ0v) is 24.0. The van der Waals surface area contributed by atoms with Gasteiger partial charge in [-0.3, -0.25) is 4.98 Å². The fraction of sp³-hybridized carbons (Fsp3) is 0.312. The van der Waals surface area contributed by atoms with Gasteiger partial charge in [-0.25, -0.2) is 0 Å². The van der Waals surface area contributed by atoms with Gasteiger partial charge in [0.2, 0.25) is 0 Å². The molecule has 6 heteroatoms. The number of hydrogen-bond acceptors (Lipinski definition) is 3. The van der Waals surface area contributed by atoms with Crippen molar-refractivity contribution in [3.05, 3.63) is 107 Å². The Bertz CT molecular complexity index is 1440. The Kier molecular flexibility index (Phi) is 7.26. The van der Waals surface area contributed by atoms with Crippen LogP contribution in [0, 0.1) is 27.7 Å². The Balaban J connectivity index is 1.62. The molecule has 4 aromatic rings. The SMILES string of the molecule is CCN(CC)c1ccc(-n2c(C)cc([C@H]3[C@@H](c4ccccn4)NC(=S)N3c3ccc(C)c(C)c3)c2C)cc1. The highest BCUT2D eigenvalue weighted by molar-refractivity contribution is 7.80. The van der Waals surface area contributed by atoms with Crippen LogP contribution >= 0.6 is 12.2 Å². The van der Waals surface area contributed by atoms with Crippen LogP contribution in [0.1, 0.15) is 59.7 Å². The molecule has 1 saturated heterocycles. The molecule has 0 spiro atoms. The predicted molar refractivity (Wildman–Crippen MR) is 163 cm³/mol. The van der Waals surface area contributed by atoms with Crippen molar-refractivity contribution >= 4 is 28.7 Å². The van der Waals surface area contributed by atoms with E-state index in [4.69, 9.17) is 17.2 Å². The quantitative estimate of drug-likeness (QED) is 0.261. The average molecular weight is 524 g/mol. The Labute approximate surface area is 232 Å². The van der Waals surface area contributed by atoms with E-state index in [1.807, 2.05) is 18.3 Å². The minimum atomic E-state index is -0.0655. The third kappa shape index (κ3) is 4.58. The number of aromatic nitrogens is 2. The fourth-order valence-corrected chi connectivity index (χ4v) is 6.06. The zero-order valence-electron chi connectivity index (χ0n) is 23.2. The number of anilines is 2. The summed E-state index contributed by atoms with van der Waals surface area (Å²) in [5, 5.41) is 4.33. The van der Waals surface area contributed by atoms with Crippen LogP contribution in [0.2, 0.25) is 0 Å². The largest absolute Gasteiger partial charge is 0.372 e. The highest BCUT2D eigenvalue weighted by atomic mass is 32.1. The number of nitrogens with one attached hydrogen (secondary N) is 1. The molecule has 0 bridgehead atoms. The third-order valence-electron chi connectivity index (χ3n) is 7.89. The summed E-state index contributed by atoms with van der Waals surface area (Å²) in [6.07, 6.45) is 1.86. The lowest BCUT2D eigenvalue weighted by Crippen LogP contribution is -2.29. The van der Waals surface area contributed by atoms with E-state index >= 15 is 0 Å². The summed E-state index contributed by atoms with van der Waals surface area (Å²) in [5.41, 5.74) is 10.7. The summed E-state index contributed by atoms with van der Waals surface area (Å²) in [5.74, 6) is 0. The summed E-state index contributed by atoms with van der Waals surface area (Å²) in [6, 6.07) is 23.8. The minimum absolute atomic E-state index is 0.0330. The van der Waals surface area contributed by atoms with E-state index in [9.17, 15) is 0 Å². The topological polar surface area (TPSA) is 36.3 Å². The van der Waals surface area contributed by atoms with E-state index in [1.54, 1.807) is 0 Å². The maximum absolute atomic E-state index is 5.97. The molecule has 38 heavy (non-hydrogen) atoms. The van der Waals surface area contributed by atoms with Crippen molar-refractivity contribution in [1.82, 2.24) is 14.9 Å². The van der Waals surface area contributed by atoms with Gasteiger partial charge in [-0.15, -0.1) is 0 Å². The zero-order chi connectivity index (χ0) is 27.0. The van der Waals surface area contributed by atoms with Crippen LogP contribution in [-0.4, -0.2) is 27.8 Å². The van der Waals surface area contributed by atoms with E-state index in [-0.39, 0.29) is 12.1 Å². The van der Waals surface area contributed by atoms with Gasteiger partial charge in [0.05, 0.1) is 17.8 Å². The Morgan fingerprint density at radius 3 is 2.21 bits per heavy atom. The molecule has 0 aliphatic carbocycles. The second kappa shape index (κ2) is 10.6. The molecule has 1 N–H and O–H groups in total. The molecule has 2 aromatic heterocycles. The molecule has 1 aliphatic heterocycles. The highest BCUT2D eigenvalue weighted by Crippen LogP contribution is 2.44. The summed E-state index contributed by atoms with van der Waals surface area (Å²) >= 11 is 5.97. The number of aryl methyl sites for hydroxylation is 3. The molecular weight excluding hydrogens is 486 g/mol. The van der Waals surface area contributed by atoms with Crippen LogP contribution in [-0.2, 0) is 0 Å². The fourth-order valence-electron chi connectivity index (χ4n) is 5.71. The molecule has 0 saturated carbocycles. The van der Waals surface area contributed by atoms with Crippen LogP contribution in [0.4, 0.5) is 11.4 Å². The Morgan fingerprint density at radius 2 is 1.58 bits per heavy atom. The van der Waals surface area contributed by atoms with Gasteiger partial charge >= 0.3 is 0 Å². The third-order valence-corrected chi connectivity index (χ3v) is 8.21. The lowest BCUT2D eigenvalue weighted by atomic mass is 9.96. The van der Waals surface area contributed by atoms with Gasteiger partial charge in [0, 0.05) is 47.7 Å². The van der Waals surface area contributed by atoms with Gasteiger partial charge in [-0.05, 0) is 125 Å². The van der Waals surface area contributed by atoms with Gasteiger partial charge in [0.25, 0.3) is 0 Å². The normalized spacial score (nSPS) is 17.1. The number of hydrogen-bond donors (Lipinski definition) is 1. The summed E-state index contributed by atoms with van der Waals surface area (Å²) < 4.78 is 2.36. The van der Waals surface area contributed by atoms with Gasteiger partial charge < -0.3 is 19.7 Å². The number of nitrogens with zero attached hydrogens (tertiary/aromatic N) is 4. The summed E-state index contributed by atoms with van der Waals surface area (Å²) in [4.78, 5) is 9.37. The molecule has 196 valence electrons. The summed E-state index contributed by atoms with van der Waals surface area (Å²) in [6.45, 7) is 15.1. The van der Waals surface area contributed by atoms with Crippen molar-refractivity contribution in [3.8, 4) is 5.69 Å². The van der Waals surface area contributed by atoms with Crippen molar-refractivity contribution in [3.63, 3.8) is 0 Å². The van der Waals surface area contributed by atoms with Crippen LogP contribution in [0.3, 0.4) is 0 Å². The van der Waals surface area contributed by atoms with Gasteiger partial charge in [-0.1, -0.05) is 12.1 Å². The lowest BCUT2D eigenvalue weighted by molar-refractivity contribution is 0.565. The number of thiocarbonyl (C=S) groups is 1. The first-order valence-corrected chi connectivity index (χ1v) is 13.9. The van der Waals surface area contributed by atoms with Gasteiger partial charge in [0.15, 0.2) is 5.11 Å². The van der Waals surface area contributed by atoms with E-state index in [1.165, 1.54) is 39.5 Å². The van der Waals surface area contributed by atoms with E-state index in [0.29, 0.717) is 0 Å². The van der Waals surface area contributed by atoms with Crippen molar-refractivity contribution in [2.24, 2.45) is 0 Å². The van der Waals surface area contributed by atoms with E-state index in [2.05, 4.69) is 116 Å². The second-order valence-corrected chi connectivity index (χ2v) is 10.5. The van der Waals surface area contributed by atoms with Crippen molar-refractivity contribution in [2.75, 3.05) is 22.9 Å². The number of pyridine rings is 1. The van der Waals surface area contributed by atoms with Crippen molar-refractivity contribution < 1.29 is 0 Å². The molecule has 0 amide bonds. The van der Waals surface area contributed by atoms with Gasteiger partial charge in [-0.2, -0.15) is 0 Å². The first kappa shape index (κ1) is 26.0. The predicted octanol–water partition coefficient (Wildman–Crippen LogP) is 7.13. The highest BCUT2D eigenvalue weighted by Gasteiger charge is 2.42. The minimum Gasteiger partial charge on any atom is -0.372 e. The van der Waals surface area contributed by atoms with Crippen LogP contribution in [0.15, 0.2) is 72.9 Å². The molecule has 1 aliphatic rings. The molecule has 1 fully saturated rings. The van der Waals surface area contributed by atoms with Gasteiger partial charge in [0.1, 0.15) is 0 Å². The van der Waals surface area contributed by atoms with Crippen LogP contribution in [0.5, 0.6) is 0 Å². The molecule has 5 nitrogen and oxygen atoms in total. The maximum Gasteiger partial charge on any atom is 0.174 e. The lowest BCUT2D eigenvalue weighted by Gasteiger charge is -2.28. The van der Waals surface area contributed by atoms with E-state index in [0.717, 1.165) is 29.6 Å². The molecule has 2 atom stereocenters. The number of rotatable bonds is 7. The van der Waals surface area contributed by atoms with Crippen molar-refractivity contribution in [1.29, 1.82) is 0 Å². The smallest absolute Gasteiger partial charge is 0.174 e. The maximum atomic E-state index is 5.97. The van der Waals surface area contributed by atoms with Crippen molar-refractivity contribution in [2.45, 2.75) is 53.6 Å².